The monoisotopic (exact) mass is 356 g/mol. The maximum atomic E-state index is 12.9. The van der Waals surface area contributed by atoms with Gasteiger partial charge in [0.15, 0.2) is 11.5 Å². The minimum atomic E-state index is -1.16. The van der Waals surface area contributed by atoms with Crippen LogP contribution in [0.5, 0.6) is 11.5 Å². The Labute approximate surface area is 151 Å². The molecule has 0 spiro atoms. The van der Waals surface area contributed by atoms with E-state index < -0.39 is 5.97 Å². The van der Waals surface area contributed by atoms with Crippen LogP contribution in [0.3, 0.4) is 0 Å². The van der Waals surface area contributed by atoms with E-state index in [4.69, 9.17) is 14.6 Å². The van der Waals surface area contributed by atoms with Gasteiger partial charge in [-0.1, -0.05) is 12.1 Å². The van der Waals surface area contributed by atoms with Crippen LogP contribution < -0.4 is 9.47 Å². The summed E-state index contributed by atoms with van der Waals surface area (Å²) in [4.78, 5) is 29.7. The van der Waals surface area contributed by atoms with Gasteiger partial charge in [-0.15, -0.1) is 0 Å². The van der Waals surface area contributed by atoms with Crippen LogP contribution in [0, 0.1) is 0 Å². The van der Waals surface area contributed by atoms with Crippen molar-refractivity contribution in [2.45, 2.75) is 18.9 Å². The molecule has 1 aliphatic heterocycles. The van der Waals surface area contributed by atoms with Crippen LogP contribution >= 0.6 is 0 Å². The first-order valence-electron chi connectivity index (χ1n) is 8.28. The van der Waals surface area contributed by atoms with Gasteiger partial charge in [0.1, 0.15) is 11.4 Å². The van der Waals surface area contributed by atoms with E-state index in [1.54, 1.807) is 25.2 Å². The van der Waals surface area contributed by atoms with Crippen molar-refractivity contribution in [2.24, 2.45) is 0 Å². The number of carbonyl (C=O) groups is 2. The second-order valence-electron chi connectivity index (χ2n) is 5.98. The zero-order chi connectivity index (χ0) is 18.7. The predicted molar refractivity (Wildman–Crippen MR) is 93.8 cm³/mol. The first kappa shape index (κ1) is 17.7. The largest absolute Gasteiger partial charge is 0.493 e. The highest BCUT2D eigenvalue weighted by Gasteiger charge is 2.32. The third kappa shape index (κ3) is 3.33. The lowest BCUT2D eigenvalue weighted by molar-refractivity contribution is 0.0689. The predicted octanol–water partition coefficient (Wildman–Crippen LogP) is 2.77. The molecule has 7 heteroatoms. The van der Waals surface area contributed by atoms with Gasteiger partial charge in [-0.25, -0.2) is 9.78 Å². The highest BCUT2D eigenvalue weighted by atomic mass is 16.5. The number of hydrogen-bond acceptors (Lipinski definition) is 5. The highest BCUT2D eigenvalue weighted by Crippen LogP contribution is 2.37. The van der Waals surface area contributed by atoms with Crippen molar-refractivity contribution in [3.8, 4) is 11.5 Å². The molecule has 0 aliphatic carbocycles. The molecule has 1 unspecified atom stereocenters. The third-order valence-electron chi connectivity index (χ3n) is 4.49. The molecule has 1 aromatic carbocycles. The molecule has 0 radical (unpaired) electrons. The average molecular weight is 356 g/mol. The van der Waals surface area contributed by atoms with Crippen molar-refractivity contribution in [2.75, 3.05) is 20.8 Å². The van der Waals surface area contributed by atoms with Gasteiger partial charge in [-0.05, 0) is 42.7 Å². The molecule has 1 aliphatic rings. The molecular weight excluding hydrogens is 336 g/mol. The van der Waals surface area contributed by atoms with Gasteiger partial charge < -0.3 is 19.5 Å². The third-order valence-corrected chi connectivity index (χ3v) is 4.49. The molecule has 7 nitrogen and oxygen atoms in total. The Morgan fingerprint density at radius 3 is 2.54 bits per heavy atom. The van der Waals surface area contributed by atoms with Gasteiger partial charge in [0, 0.05) is 6.54 Å². The minimum absolute atomic E-state index is 0.113. The summed E-state index contributed by atoms with van der Waals surface area (Å²) < 4.78 is 10.6. The molecule has 1 N–H and O–H groups in total. The molecule has 0 bridgehead atoms. The summed E-state index contributed by atoms with van der Waals surface area (Å²) in [6.45, 7) is 0.594. The lowest BCUT2D eigenvalue weighted by Gasteiger charge is -2.25. The lowest BCUT2D eigenvalue weighted by atomic mass is 10.0. The normalized spacial score (nSPS) is 16.4. The number of hydrogen-bond donors (Lipinski definition) is 1. The van der Waals surface area contributed by atoms with Gasteiger partial charge in [0.05, 0.1) is 20.3 Å². The molecule has 136 valence electrons. The van der Waals surface area contributed by atoms with Crippen molar-refractivity contribution >= 4 is 11.9 Å². The molecule has 3 rings (SSSR count). The summed E-state index contributed by atoms with van der Waals surface area (Å²) >= 11 is 0. The number of aromatic carboxylic acids is 1. The number of ether oxygens (including phenoxy) is 2. The van der Waals surface area contributed by atoms with Crippen LogP contribution in [-0.2, 0) is 0 Å². The van der Waals surface area contributed by atoms with Crippen molar-refractivity contribution in [3.05, 3.63) is 53.3 Å². The van der Waals surface area contributed by atoms with E-state index in [0.29, 0.717) is 18.0 Å². The van der Waals surface area contributed by atoms with Crippen molar-refractivity contribution in [1.82, 2.24) is 9.88 Å². The first-order chi connectivity index (χ1) is 12.5. The van der Waals surface area contributed by atoms with E-state index in [0.717, 1.165) is 18.4 Å². The molecule has 1 atom stereocenters. The van der Waals surface area contributed by atoms with E-state index >= 15 is 0 Å². The number of aromatic nitrogens is 1. The van der Waals surface area contributed by atoms with Crippen molar-refractivity contribution < 1.29 is 24.2 Å². The Hall–Kier alpha value is -3.09. The number of rotatable bonds is 5. The van der Waals surface area contributed by atoms with E-state index in [1.807, 2.05) is 18.2 Å². The second kappa shape index (κ2) is 7.43. The smallest absolute Gasteiger partial charge is 0.354 e. The topological polar surface area (TPSA) is 89.0 Å². The van der Waals surface area contributed by atoms with Gasteiger partial charge in [0.2, 0.25) is 0 Å². The Morgan fingerprint density at radius 1 is 1.12 bits per heavy atom. The molecular formula is C19H20N2O5. The summed E-state index contributed by atoms with van der Waals surface area (Å²) in [5.74, 6) is -0.193. The lowest BCUT2D eigenvalue weighted by Crippen LogP contribution is -2.31. The zero-order valence-electron chi connectivity index (χ0n) is 14.6. The van der Waals surface area contributed by atoms with Crippen LogP contribution in [0.4, 0.5) is 0 Å². The molecule has 26 heavy (non-hydrogen) atoms. The number of pyridine rings is 1. The number of methoxy groups -OCH3 is 2. The van der Waals surface area contributed by atoms with Gasteiger partial charge in [-0.3, -0.25) is 4.79 Å². The van der Waals surface area contributed by atoms with Crippen LogP contribution in [0.15, 0.2) is 36.4 Å². The van der Waals surface area contributed by atoms with Gasteiger partial charge >= 0.3 is 5.97 Å². The Morgan fingerprint density at radius 2 is 1.85 bits per heavy atom. The zero-order valence-corrected chi connectivity index (χ0v) is 14.6. The van der Waals surface area contributed by atoms with Crippen molar-refractivity contribution in [1.29, 1.82) is 0 Å². The number of carboxylic acids is 1. The van der Waals surface area contributed by atoms with Crippen LogP contribution in [0.1, 0.15) is 45.4 Å². The maximum Gasteiger partial charge on any atom is 0.354 e. The Kier molecular flexibility index (Phi) is 5.06. The average Bonchev–Trinajstić information content (AvgIpc) is 3.16. The van der Waals surface area contributed by atoms with E-state index in [-0.39, 0.29) is 23.3 Å². The molecule has 1 aromatic heterocycles. The molecule has 1 saturated heterocycles. The maximum absolute atomic E-state index is 12.9. The summed E-state index contributed by atoms with van der Waals surface area (Å²) in [5.41, 5.74) is 0.942. The SMILES string of the molecule is COc1ccc(C2CCCN2C(=O)c2cccc(C(=O)O)n2)cc1OC. The van der Waals surface area contributed by atoms with Gasteiger partial charge in [0.25, 0.3) is 5.91 Å². The number of carboxylic acid groups (broad SMARTS) is 1. The molecule has 2 heterocycles. The van der Waals surface area contributed by atoms with E-state index in [9.17, 15) is 9.59 Å². The van der Waals surface area contributed by atoms with Crippen molar-refractivity contribution in [3.63, 3.8) is 0 Å². The second-order valence-corrected chi connectivity index (χ2v) is 5.98. The summed E-state index contributed by atoms with van der Waals surface area (Å²) in [5, 5.41) is 9.08. The fraction of sp³-hybridized carbons (Fsp3) is 0.316. The first-order valence-corrected chi connectivity index (χ1v) is 8.28. The Balaban J connectivity index is 1.89. The minimum Gasteiger partial charge on any atom is -0.493 e. The highest BCUT2D eigenvalue weighted by molar-refractivity contribution is 5.94. The molecule has 1 fully saturated rings. The van der Waals surface area contributed by atoms with Gasteiger partial charge in [-0.2, -0.15) is 0 Å². The number of carbonyl (C=O) groups excluding carboxylic acids is 1. The number of benzene rings is 1. The van der Waals surface area contributed by atoms with E-state index in [2.05, 4.69) is 4.98 Å². The van der Waals surface area contributed by atoms with E-state index in [1.165, 1.54) is 12.1 Å². The molecule has 0 saturated carbocycles. The fourth-order valence-corrected chi connectivity index (χ4v) is 3.24. The number of likely N-dealkylation sites (tertiary alicyclic amines) is 1. The molecule has 1 amide bonds. The molecule has 2 aromatic rings. The summed E-state index contributed by atoms with van der Waals surface area (Å²) in [6, 6.07) is 9.93. The summed E-state index contributed by atoms with van der Waals surface area (Å²) in [6.07, 6.45) is 1.68. The van der Waals surface area contributed by atoms with Crippen LogP contribution in [0.25, 0.3) is 0 Å². The fourth-order valence-electron chi connectivity index (χ4n) is 3.24. The quantitative estimate of drug-likeness (QED) is 0.886. The standard InChI is InChI=1S/C19H20N2O5/c1-25-16-9-8-12(11-17(16)26-2)15-7-4-10-21(15)18(22)13-5-3-6-14(20-13)19(23)24/h3,5-6,8-9,11,15H,4,7,10H2,1-2H3,(H,23,24). The number of amides is 1. The Bertz CT molecular complexity index is 836. The summed E-state index contributed by atoms with van der Waals surface area (Å²) in [7, 11) is 3.14. The van der Waals surface area contributed by atoms with Crippen LogP contribution in [-0.4, -0.2) is 47.6 Å². The number of nitrogens with zero attached hydrogens (tertiary/aromatic N) is 2. The van der Waals surface area contributed by atoms with Crippen LogP contribution in [0.2, 0.25) is 0 Å².